The van der Waals surface area contributed by atoms with Gasteiger partial charge in [0.2, 0.25) is 0 Å². The van der Waals surface area contributed by atoms with Crippen molar-refractivity contribution in [1.82, 2.24) is 10.5 Å². The Balaban J connectivity index is 1.88. The highest BCUT2D eigenvalue weighted by Gasteiger charge is 2.26. The smallest absolute Gasteiger partial charge is 0.257 e. The van der Waals surface area contributed by atoms with Gasteiger partial charge in [-0.3, -0.25) is 4.79 Å². The van der Waals surface area contributed by atoms with Gasteiger partial charge in [-0.2, -0.15) is 0 Å². The molecular formula is C16H16ClFN2O3. The Morgan fingerprint density at radius 1 is 1.52 bits per heavy atom. The highest BCUT2D eigenvalue weighted by molar-refractivity contribution is 6.33. The number of amides is 1. The van der Waals surface area contributed by atoms with E-state index in [2.05, 4.69) is 10.5 Å². The van der Waals surface area contributed by atoms with Gasteiger partial charge in [0.1, 0.15) is 22.8 Å². The van der Waals surface area contributed by atoms with Crippen molar-refractivity contribution in [2.75, 3.05) is 13.2 Å². The van der Waals surface area contributed by atoms with Gasteiger partial charge in [0.15, 0.2) is 0 Å². The minimum atomic E-state index is -0.557. The molecule has 0 aliphatic carbocycles. The van der Waals surface area contributed by atoms with Crippen LogP contribution in [0.5, 0.6) is 0 Å². The van der Waals surface area contributed by atoms with Crippen LogP contribution in [0.25, 0.3) is 11.3 Å². The van der Waals surface area contributed by atoms with E-state index in [0.29, 0.717) is 18.9 Å². The number of aromatic nitrogens is 1. The highest BCUT2D eigenvalue weighted by atomic mass is 35.5. The van der Waals surface area contributed by atoms with E-state index in [1.165, 1.54) is 18.2 Å². The van der Waals surface area contributed by atoms with Gasteiger partial charge in [0, 0.05) is 13.2 Å². The SMILES string of the molecule is Cc1onc(-c2c(F)cccc2Cl)c1C(=O)NCC1CCCO1. The summed E-state index contributed by atoms with van der Waals surface area (Å²) in [7, 11) is 0. The fraction of sp³-hybridized carbons (Fsp3) is 0.375. The summed E-state index contributed by atoms with van der Waals surface area (Å²) in [6.07, 6.45) is 1.91. The van der Waals surface area contributed by atoms with Crippen LogP contribution in [0.2, 0.25) is 5.02 Å². The van der Waals surface area contributed by atoms with Crippen molar-refractivity contribution in [3.8, 4) is 11.3 Å². The lowest BCUT2D eigenvalue weighted by atomic mass is 10.0. The normalized spacial score (nSPS) is 17.4. The first-order valence-corrected chi connectivity index (χ1v) is 7.76. The highest BCUT2D eigenvalue weighted by Crippen LogP contribution is 2.33. The van der Waals surface area contributed by atoms with E-state index in [9.17, 15) is 9.18 Å². The third kappa shape index (κ3) is 3.23. The maximum Gasteiger partial charge on any atom is 0.257 e. The van der Waals surface area contributed by atoms with Crippen molar-refractivity contribution in [2.45, 2.75) is 25.9 Å². The zero-order valence-corrected chi connectivity index (χ0v) is 13.3. The molecule has 1 unspecified atom stereocenters. The number of hydrogen-bond acceptors (Lipinski definition) is 4. The molecule has 7 heteroatoms. The monoisotopic (exact) mass is 338 g/mol. The van der Waals surface area contributed by atoms with E-state index in [4.69, 9.17) is 20.9 Å². The molecular weight excluding hydrogens is 323 g/mol. The number of ether oxygens (including phenoxy) is 1. The van der Waals surface area contributed by atoms with Gasteiger partial charge in [-0.25, -0.2) is 4.39 Å². The number of benzene rings is 1. The molecule has 3 rings (SSSR count). The van der Waals surface area contributed by atoms with Crippen LogP contribution in [0.15, 0.2) is 22.7 Å². The van der Waals surface area contributed by atoms with Crippen LogP contribution in [-0.2, 0) is 4.74 Å². The third-order valence-electron chi connectivity index (χ3n) is 3.80. The molecule has 1 saturated heterocycles. The maximum absolute atomic E-state index is 14.1. The number of nitrogens with zero attached hydrogens (tertiary/aromatic N) is 1. The predicted octanol–water partition coefficient (Wildman–Crippen LogP) is 3.35. The Morgan fingerprint density at radius 2 is 2.35 bits per heavy atom. The van der Waals surface area contributed by atoms with E-state index in [0.717, 1.165) is 12.8 Å². The molecule has 0 spiro atoms. The van der Waals surface area contributed by atoms with Gasteiger partial charge in [-0.05, 0) is 31.9 Å². The second-order valence-corrected chi connectivity index (χ2v) is 5.81. The molecule has 0 saturated carbocycles. The molecule has 1 fully saturated rings. The molecule has 1 aromatic carbocycles. The molecule has 23 heavy (non-hydrogen) atoms. The third-order valence-corrected chi connectivity index (χ3v) is 4.12. The summed E-state index contributed by atoms with van der Waals surface area (Å²) in [6, 6.07) is 4.29. The first kappa shape index (κ1) is 16.0. The first-order valence-electron chi connectivity index (χ1n) is 7.38. The summed E-state index contributed by atoms with van der Waals surface area (Å²) in [5.41, 5.74) is 0.360. The van der Waals surface area contributed by atoms with Crippen molar-refractivity contribution in [2.24, 2.45) is 0 Å². The second-order valence-electron chi connectivity index (χ2n) is 5.40. The zero-order chi connectivity index (χ0) is 16.4. The fourth-order valence-corrected chi connectivity index (χ4v) is 2.89. The zero-order valence-electron chi connectivity index (χ0n) is 12.6. The Morgan fingerprint density at radius 3 is 3.04 bits per heavy atom. The van der Waals surface area contributed by atoms with Gasteiger partial charge in [0.05, 0.1) is 16.7 Å². The number of hydrogen-bond donors (Lipinski definition) is 1. The van der Waals surface area contributed by atoms with E-state index in [1.54, 1.807) is 6.92 Å². The summed E-state index contributed by atoms with van der Waals surface area (Å²) in [5.74, 6) is -0.628. The van der Waals surface area contributed by atoms with Gasteiger partial charge >= 0.3 is 0 Å². The molecule has 0 bridgehead atoms. The van der Waals surface area contributed by atoms with E-state index >= 15 is 0 Å². The number of nitrogens with one attached hydrogen (secondary N) is 1. The molecule has 1 amide bonds. The van der Waals surface area contributed by atoms with Crippen LogP contribution in [0.4, 0.5) is 4.39 Å². The number of carbonyl (C=O) groups is 1. The van der Waals surface area contributed by atoms with E-state index in [1.807, 2.05) is 0 Å². The van der Waals surface area contributed by atoms with Crippen LogP contribution in [0.1, 0.15) is 29.0 Å². The van der Waals surface area contributed by atoms with Gasteiger partial charge in [-0.15, -0.1) is 0 Å². The molecule has 1 N–H and O–H groups in total. The van der Waals surface area contributed by atoms with Gasteiger partial charge in [-0.1, -0.05) is 22.8 Å². The Labute approximate surface area is 137 Å². The summed E-state index contributed by atoms with van der Waals surface area (Å²) >= 11 is 6.06. The summed E-state index contributed by atoms with van der Waals surface area (Å²) in [4.78, 5) is 12.5. The average molecular weight is 339 g/mol. The Kier molecular flexibility index (Phi) is 4.63. The van der Waals surface area contributed by atoms with Crippen LogP contribution in [0, 0.1) is 12.7 Å². The molecule has 1 aromatic heterocycles. The minimum Gasteiger partial charge on any atom is -0.376 e. The van der Waals surface area contributed by atoms with Crippen molar-refractivity contribution in [3.05, 3.63) is 40.4 Å². The summed E-state index contributed by atoms with van der Waals surface area (Å²) < 4.78 is 24.7. The van der Waals surface area contributed by atoms with Crippen molar-refractivity contribution >= 4 is 17.5 Å². The molecule has 122 valence electrons. The van der Waals surface area contributed by atoms with Crippen molar-refractivity contribution in [3.63, 3.8) is 0 Å². The fourth-order valence-electron chi connectivity index (χ4n) is 2.63. The van der Waals surface area contributed by atoms with Gasteiger partial charge < -0.3 is 14.6 Å². The summed E-state index contributed by atoms with van der Waals surface area (Å²) in [6.45, 7) is 2.71. The quantitative estimate of drug-likeness (QED) is 0.928. The number of carbonyl (C=O) groups excluding carboxylic acids is 1. The largest absolute Gasteiger partial charge is 0.376 e. The topological polar surface area (TPSA) is 64.4 Å². The van der Waals surface area contributed by atoms with Gasteiger partial charge in [0.25, 0.3) is 5.91 Å². The molecule has 1 aliphatic heterocycles. The first-order chi connectivity index (χ1) is 11.1. The van der Waals surface area contributed by atoms with Crippen molar-refractivity contribution < 1.29 is 18.4 Å². The lowest BCUT2D eigenvalue weighted by molar-refractivity contribution is 0.0857. The molecule has 1 atom stereocenters. The van der Waals surface area contributed by atoms with Crippen LogP contribution < -0.4 is 5.32 Å². The summed E-state index contributed by atoms with van der Waals surface area (Å²) in [5, 5.41) is 6.78. The second kappa shape index (κ2) is 6.68. The minimum absolute atomic E-state index is 0.0135. The van der Waals surface area contributed by atoms with Crippen LogP contribution >= 0.6 is 11.6 Å². The molecule has 1 aliphatic rings. The van der Waals surface area contributed by atoms with Crippen LogP contribution in [0.3, 0.4) is 0 Å². The number of aryl methyl sites for hydroxylation is 1. The molecule has 2 heterocycles. The standard InChI is InChI=1S/C16H16ClFN2O3/c1-9-13(16(21)19-8-10-4-3-7-22-10)15(20-23-9)14-11(17)5-2-6-12(14)18/h2,5-6,10H,3-4,7-8H2,1H3,(H,19,21). The predicted molar refractivity (Wildman–Crippen MR) is 83.0 cm³/mol. The Bertz CT molecular complexity index is 706. The maximum atomic E-state index is 14.1. The van der Waals surface area contributed by atoms with Crippen molar-refractivity contribution in [1.29, 1.82) is 0 Å². The van der Waals surface area contributed by atoms with E-state index in [-0.39, 0.29) is 33.9 Å². The molecule has 5 nitrogen and oxygen atoms in total. The average Bonchev–Trinajstić information content (AvgIpc) is 3.15. The number of halogens is 2. The van der Waals surface area contributed by atoms with E-state index < -0.39 is 5.82 Å². The lowest BCUT2D eigenvalue weighted by Gasteiger charge is -2.11. The molecule has 0 radical (unpaired) electrons. The number of rotatable bonds is 4. The van der Waals surface area contributed by atoms with Crippen LogP contribution in [-0.4, -0.2) is 30.3 Å². The molecule has 2 aromatic rings. The Hall–Kier alpha value is -1.92. The lowest BCUT2D eigenvalue weighted by Crippen LogP contribution is -2.32.